The number of nitrogens with zero attached hydrogens (tertiary/aromatic N) is 3. The van der Waals surface area contributed by atoms with Crippen LogP contribution in [0, 0.1) is 6.92 Å². The Morgan fingerprint density at radius 3 is 2.52 bits per heavy atom. The maximum Gasteiger partial charge on any atom is 0.423 e. The molecular weight excluding hydrogens is 391 g/mol. The molecule has 0 radical (unpaired) electrons. The number of aromatic nitrogens is 2. The SMILES string of the molecule is Cc1ocnc1N(C(=O)OCc1ccccc1)C(=O)c1cnccc1C(F)(F)F. The fourth-order valence-electron chi connectivity index (χ4n) is 2.50. The number of carbonyl (C=O) groups excluding carboxylic acids is 2. The molecule has 10 heteroatoms. The van der Waals surface area contributed by atoms with Crippen LogP contribution in [0.1, 0.15) is 27.2 Å². The summed E-state index contributed by atoms with van der Waals surface area (Å²) in [7, 11) is 0. The number of ether oxygens (including phenoxy) is 1. The highest BCUT2D eigenvalue weighted by atomic mass is 19.4. The van der Waals surface area contributed by atoms with Crippen molar-refractivity contribution < 1.29 is 31.9 Å². The van der Waals surface area contributed by atoms with Gasteiger partial charge in [-0.3, -0.25) is 9.78 Å². The molecule has 0 aliphatic heterocycles. The number of pyridine rings is 1. The van der Waals surface area contributed by atoms with E-state index in [9.17, 15) is 22.8 Å². The molecule has 0 bridgehead atoms. The summed E-state index contributed by atoms with van der Waals surface area (Å²) < 4.78 is 50.1. The van der Waals surface area contributed by atoms with Crippen molar-refractivity contribution in [2.24, 2.45) is 0 Å². The standard InChI is InChI=1S/C19H14F3N3O4/c1-12-16(24-11-29-12)25(18(27)28-10-13-5-3-2-4-6-13)17(26)14-9-23-8-7-15(14)19(20,21)22/h2-9,11H,10H2,1H3. The predicted octanol–water partition coefficient (Wildman–Crippen LogP) is 4.38. The summed E-state index contributed by atoms with van der Waals surface area (Å²) in [5, 5.41) is 0. The zero-order chi connectivity index (χ0) is 21.0. The Balaban J connectivity index is 1.96. The highest BCUT2D eigenvalue weighted by Gasteiger charge is 2.39. The molecule has 2 aromatic heterocycles. The van der Waals surface area contributed by atoms with E-state index in [1.54, 1.807) is 30.3 Å². The van der Waals surface area contributed by atoms with E-state index in [4.69, 9.17) is 9.15 Å². The van der Waals surface area contributed by atoms with Crippen LogP contribution in [0.2, 0.25) is 0 Å². The Kier molecular flexibility index (Phi) is 5.62. The molecule has 0 aliphatic rings. The second-order valence-corrected chi connectivity index (χ2v) is 5.83. The monoisotopic (exact) mass is 405 g/mol. The molecule has 0 saturated heterocycles. The lowest BCUT2D eigenvalue weighted by atomic mass is 10.1. The molecule has 0 atom stereocenters. The van der Waals surface area contributed by atoms with Crippen molar-refractivity contribution in [1.82, 2.24) is 9.97 Å². The molecule has 150 valence electrons. The van der Waals surface area contributed by atoms with Gasteiger partial charge in [-0.05, 0) is 18.6 Å². The molecule has 0 unspecified atom stereocenters. The lowest BCUT2D eigenvalue weighted by molar-refractivity contribution is -0.138. The van der Waals surface area contributed by atoms with Crippen molar-refractivity contribution in [1.29, 1.82) is 0 Å². The van der Waals surface area contributed by atoms with Gasteiger partial charge in [0.1, 0.15) is 12.4 Å². The van der Waals surface area contributed by atoms with E-state index in [0.717, 1.165) is 18.8 Å². The fraction of sp³-hybridized carbons (Fsp3) is 0.158. The Hall–Kier alpha value is -3.69. The average molecular weight is 405 g/mol. The number of benzene rings is 1. The number of imide groups is 1. The number of aryl methyl sites for hydroxylation is 1. The molecule has 1 aromatic carbocycles. The average Bonchev–Trinajstić information content (AvgIpc) is 3.12. The molecule has 0 spiro atoms. The van der Waals surface area contributed by atoms with Gasteiger partial charge < -0.3 is 9.15 Å². The molecule has 0 saturated carbocycles. The Bertz CT molecular complexity index is 1020. The Morgan fingerprint density at radius 1 is 1.17 bits per heavy atom. The second kappa shape index (κ2) is 8.13. The summed E-state index contributed by atoms with van der Waals surface area (Å²) in [6.45, 7) is 1.21. The van der Waals surface area contributed by atoms with Crippen LogP contribution in [0.25, 0.3) is 0 Å². The highest BCUT2D eigenvalue weighted by Crippen LogP contribution is 2.33. The summed E-state index contributed by atoms with van der Waals surface area (Å²) in [6.07, 6.45) is -3.43. The van der Waals surface area contributed by atoms with Crippen LogP contribution in [-0.2, 0) is 17.5 Å². The van der Waals surface area contributed by atoms with Gasteiger partial charge in [-0.25, -0.2) is 4.79 Å². The molecule has 3 rings (SSSR count). The number of hydrogen-bond donors (Lipinski definition) is 0. The van der Waals surface area contributed by atoms with Gasteiger partial charge in [0, 0.05) is 12.4 Å². The van der Waals surface area contributed by atoms with Gasteiger partial charge in [0.15, 0.2) is 12.2 Å². The number of anilines is 1. The van der Waals surface area contributed by atoms with Crippen molar-refractivity contribution >= 4 is 17.8 Å². The minimum atomic E-state index is -4.83. The first-order valence-corrected chi connectivity index (χ1v) is 8.25. The van der Waals surface area contributed by atoms with Crippen molar-refractivity contribution in [2.75, 3.05) is 4.90 Å². The first-order valence-electron chi connectivity index (χ1n) is 8.25. The van der Waals surface area contributed by atoms with Crippen LogP contribution in [-0.4, -0.2) is 22.0 Å². The van der Waals surface area contributed by atoms with E-state index >= 15 is 0 Å². The van der Waals surface area contributed by atoms with Gasteiger partial charge in [0.25, 0.3) is 5.91 Å². The number of amides is 2. The fourth-order valence-corrected chi connectivity index (χ4v) is 2.50. The van der Waals surface area contributed by atoms with Crippen LogP contribution < -0.4 is 4.90 Å². The lowest BCUT2D eigenvalue weighted by Gasteiger charge is -2.20. The van der Waals surface area contributed by atoms with Gasteiger partial charge in [-0.1, -0.05) is 30.3 Å². The second-order valence-electron chi connectivity index (χ2n) is 5.83. The van der Waals surface area contributed by atoms with Gasteiger partial charge in [-0.2, -0.15) is 23.1 Å². The molecule has 7 nitrogen and oxygen atoms in total. The topological polar surface area (TPSA) is 85.5 Å². The molecule has 2 amide bonds. The van der Waals surface area contributed by atoms with E-state index in [2.05, 4.69) is 9.97 Å². The van der Waals surface area contributed by atoms with E-state index < -0.39 is 29.3 Å². The van der Waals surface area contributed by atoms with Crippen LogP contribution in [0.15, 0.2) is 59.6 Å². The number of rotatable bonds is 4. The first-order chi connectivity index (χ1) is 13.8. The van der Waals surface area contributed by atoms with E-state index in [1.807, 2.05) is 0 Å². The minimum Gasteiger partial charge on any atom is -0.446 e. The molecule has 2 heterocycles. The summed E-state index contributed by atoms with van der Waals surface area (Å²) in [5.41, 5.74) is -1.43. The normalized spacial score (nSPS) is 11.2. The van der Waals surface area contributed by atoms with Gasteiger partial charge in [0.05, 0.1) is 11.1 Å². The maximum atomic E-state index is 13.3. The van der Waals surface area contributed by atoms with Crippen molar-refractivity contribution in [3.63, 3.8) is 0 Å². The number of halogens is 3. The number of carbonyl (C=O) groups is 2. The number of alkyl halides is 3. The molecule has 0 aliphatic carbocycles. The molecule has 0 fully saturated rings. The molecule has 29 heavy (non-hydrogen) atoms. The van der Waals surface area contributed by atoms with Crippen LogP contribution in [0.3, 0.4) is 0 Å². The molecule has 0 N–H and O–H groups in total. The van der Waals surface area contributed by atoms with Gasteiger partial charge >= 0.3 is 12.3 Å². The van der Waals surface area contributed by atoms with Crippen LogP contribution in [0.4, 0.5) is 23.8 Å². The first kappa shape index (κ1) is 20.1. The molecular formula is C19H14F3N3O4. The third-order valence-electron chi connectivity index (χ3n) is 3.88. The highest BCUT2D eigenvalue weighted by molar-refractivity contribution is 6.19. The Labute approximate surface area is 162 Å². The summed E-state index contributed by atoms with van der Waals surface area (Å²) in [6, 6.07) is 9.23. The van der Waals surface area contributed by atoms with Gasteiger partial charge in [0.2, 0.25) is 0 Å². The van der Waals surface area contributed by atoms with Crippen molar-refractivity contribution in [2.45, 2.75) is 19.7 Å². The zero-order valence-electron chi connectivity index (χ0n) is 15.0. The third-order valence-corrected chi connectivity index (χ3v) is 3.88. The zero-order valence-corrected chi connectivity index (χ0v) is 15.0. The summed E-state index contributed by atoms with van der Waals surface area (Å²) in [5.74, 6) is -1.52. The number of oxazole rings is 1. The molecule has 3 aromatic rings. The lowest BCUT2D eigenvalue weighted by Crippen LogP contribution is -2.39. The van der Waals surface area contributed by atoms with Crippen molar-refractivity contribution in [3.05, 3.63) is 77.6 Å². The largest absolute Gasteiger partial charge is 0.446 e. The quantitative estimate of drug-likeness (QED) is 0.640. The van der Waals surface area contributed by atoms with E-state index in [-0.39, 0.29) is 18.2 Å². The number of hydrogen-bond acceptors (Lipinski definition) is 6. The van der Waals surface area contributed by atoms with Crippen LogP contribution >= 0.6 is 0 Å². The van der Waals surface area contributed by atoms with Gasteiger partial charge in [-0.15, -0.1) is 0 Å². The maximum absolute atomic E-state index is 13.3. The predicted molar refractivity (Wildman–Crippen MR) is 93.9 cm³/mol. The minimum absolute atomic E-state index is 0.0486. The third kappa shape index (κ3) is 4.42. The van der Waals surface area contributed by atoms with Crippen molar-refractivity contribution in [3.8, 4) is 0 Å². The van der Waals surface area contributed by atoms with Crippen LogP contribution in [0.5, 0.6) is 0 Å². The van der Waals surface area contributed by atoms with E-state index in [0.29, 0.717) is 16.5 Å². The summed E-state index contributed by atoms with van der Waals surface area (Å²) in [4.78, 5) is 33.3. The smallest absolute Gasteiger partial charge is 0.423 e. The summed E-state index contributed by atoms with van der Waals surface area (Å²) >= 11 is 0. The van der Waals surface area contributed by atoms with E-state index in [1.165, 1.54) is 6.92 Å². The Morgan fingerprint density at radius 2 is 1.90 bits per heavy atom.